The number of nitrogens with two attached hydrogens (primary N) is 1. The lowest BCUT2D eigenvalue weighted by atomic mass is 9.98. The van der Waals surface area contributed by atoms with Crippen LogP contribution in [-0.4, -0.2) is 36.5 Å². The van der Waals surface area contributed by atoms with Gasteiger partial charge in [-0.3, -0.25) is 14.5 Å². The molecule has 0 saturated carbocycles. The number of carbonyl (C=O) groups is 2. The molecule has 0 bridgehead atoms. The van der Waals surface area contributed by atoms with Crippen LogP contribution in [0.15, 0.2) is 24.3 Å². The van der Waals surface area contributed by atoms with E-state index in [2.05, 4.69) is 4.90 Å². The number of likely N-dealkylation sites (tertiary alicyclic amines) is 1. The van der Waals surface area contributed by atoms with Gasteiger partial charge in [0.2, 0.25) is 5.91 Å². The number of methoxy groups -OCH3 is 1. The number of benzene rings is 1. The molecule has 0 aromatic heterocycles. The molecular formula is C16H22N2O3. The molecule has 1 aliphatic heterocycles. The van der Waals surface area contributed by atoms with Crippen LogP contribution in [0.2, 0.25) is 0 Å². The van der Waals surface area contributed by atoms with Gasteiger partial charge in [0.1, 0.15) is 0 Å². The van der Waals surface area contributed by atoms with Crippen molar-refractivity contribution in [1.29, 1.82) is 0 Å². The zero-order valence-electron chi connectivity index (χ0n) is 12.4. The van der Waals surface area contributed by atoms with Crippen molar-refractivity contribution in [3.63, 3.8) is 0 Å². The maximum Gasteiger partial charge on any atom is 0.307 e. The van der Waals surface area contributed by atoms with Gasteiger partial charge < -0.3 is 10.5 Å². The van der Waals surface area contributed by atoms with E-state index >= 15 is 0 Å². The summed E-state index contributed by atoms with van der Waals surface area (Å²) in [5.41, 5.74) is 6.88. The van der Waals surface area contributed by atoms with Crippen LogP contribution in [0.4, 0.5) is 0 Å². The first-order chi connectivity index (χ1) is 10.1. The van der Waals surface area contributed by atoms with Crippen molar-refractivity contribution in [2.75, 3.05) is 13.7 Å². The Morgan fingerprint density at radius 3 is 2.90 bits per heavy atom. The van der Waals surface area contributed by atoms with Crippen molar-refractivity contribution in [3.8, 4) is 0 Å². The second kappa shape index (κ2) is 7.22. The highest BCUT2D eigenvalue weighted by Gasteiger charge is 2.25. The number of amides is 1. The lowest BCUT2D eigenvalue weighted by Crippen LogP contribution is -2.40. The van der Waals surface area contributed by atoms with Gasteiger partial charge in [0.25, 0.3) is 0 Å². The summed E-state index contributed by atoms with van der Waals surface area (Å²) in [4.78, 5) is 25.0. The summed E-state index contributed by atoms with van der Waals surface area (Å²) in [6.45, 7) is 1.69. The SMILES string of the molecule is COC(=O)CC1CCCCN1Cc1cccc(C(N)=O)c1. The largest absolute Gasteiger partial charge is 0.469 e. The Morgan fingerprint density at radius 1 is 1.38 bits per heavy atom. The number of hydrogen-bond donors (Lipinski definition) is 1. The predicted octanol–water partition coefficient (Wildman–Crippen LogP) is 1.70. The Labute approximate surface area is 125 Å². The lowest BCUT2D eigenvalue weighted by molar-refractivity contribution is -0.142. The van der Waals surface area contributed by atoms with Crippen LogP contribution in [0.1, 0.15) is 41.6 Å². The van der Waals surface area contributed by atoms with Crippen molar-refractivity contribution in [1.82, 2.24) is 4.90 Å². The minimum absolute atomic E-state index is 0.169. The molecule has 1 amide bonds. The number of ether oxygens (including phenoxy) is 1. The average Bonchev–Trinajstić information content (AvgIpc) is 2.49. The summed E-state index contributed by atoms with van der Waals surface area (Å²) in [6.07, 6.45) is 3.70. The first kappa shape index (κ1) is 15.5. The maximum atomic E-state index is 11.5. The van der Waals surface area contributed by atoms with Crippen LogP contribution < -0.4 is 5.73 Å². The molecule has 21 heavy (non-hydrogen) atoms. The molecule has 0 spiro atoms. The molecule has 1 atom stereocenters. The fourth-order valence-electron chi connectivity index (χ4n) is 2.83. The highest BCUT2D eigenvalue weighted by atomic mass is 16.5. The second-order valence-electron chi connectivity index (χ2n) is 5.46. The first-order valence-corrected chi connectivity index (χ1v) is 7.29. The quantitative estimate of drug-likeness (QED) is 0.838. The summed E-state index contributed by atoms with van der Waals surface area (Å²) < 4.78 is 4.78. The van der Waals surface area contributed by atoms with Gasteiger partial charge >= 0.3 is 5.97 Å². The minimum Gasteiger partial charge on any atom is -0.469 e. The van der Waals surface area contributed by atoms with Crippen LogP contribution in [0.3, 0.4) is 0 Å². The fourth-order valence-corrected chi connectivity index (χ4v) is 2.83. The van der Waals surface area contributed by atoms with E-state index in [4.69, 9.17) is 10.5 Å². The van der Waals surface area contributed by atoms with Crippen molar-refractivity contribution in [3.05, 3.63) is 35.4 Å². The third-order valence-corrected chi connectivity index (χ3v) is 3.98. The van der Waals surface area contributed by atoms with E-state index in [9.17, 15) is 9.59 Å². The first-order valence-electron chi connectivity index (χ1n) is 7.29. The van der Waals surface area contributed by atoms with E-state index in [1.807, 2.05) is 18.2 Å². The van der Waals surface area contributed by atoms with Gasteiger partial charge in [0.05, 0.1) is 13.5 Å². The number of primary amides is 1. The number of hydrogen-bond acceptors (Lipinski definition) is 4. The molecular weight excluding hydrogens is 268 g/mol. The van der Waals surface area contributed by atoms with E-state index in [1.165, 1.54) is 7.11 Å². The summed E-state index contributed by atoms with van der Waals surface area (Å²) in [5.74, 6) is -0.584. The molecule has 5 heteroatoms. The molecule has 114 valence electrons. The van der Waals surface area contributed by atoms with Crippen LogP contribution in [0.25, 0.3) is 0 Å². The number of esters is 1. The minimum atomic E-state index is -0.415. The van der Waals surface area contributed by atoms with Crippen molar-refractivity contribution in [2.45, 2.75) is 38.3 Å². The summed E-state index contributed by atoms with van der Waals surface area (Å²) in [7, 11) is 1.42. The average molecular weight is 290 g/mol. The van der Waals surface area contributed by atoms with Gasteiger partial charge in [-0.05, 0) is 37.1 Å². The summed E-state index contributed by atoms with van der Waals surface area (Å²) in [5, 5.41) is 0. The van der Waals surface area contributed by atoms with E-state index in [0.717, 1.165) is 37.9 Å². The zero-order chi connectivity index (χ0) is 15.2. The number of carbonyl (C=O) groups excluding carboxylic acids is 2. The van der Waals surface area contributed by atoms with Gasteiger partial charge in [0.15, 0.2) is 0 Å². The molecule has 1 heterocycles. The smallest absolute Gasteiger partial charge is 0.307 e. The Kier molecular flexibility index (Phi) is 5.33. The molecule has 1 fully saturated rings. The van der Waals surface area contributed by atoms with Crippen LogP contribution in [-0.2, 0) is 16.1 Å². The Morgan fingerprint density at radius 2 is 2.19 bits per heavy atom. The summed E-state index contributed by atoms with van der Waals surface area (Å²) in [6, 6.07) is 7.58. The fraction of sp³-hybridized carbons (Fsp3) is 0.500. The third kappa shape index (κ3) is 4.29. The molecule has 1 aliphatic rings. The van der Waals surface area contributed by atoms with Gasteiger partial charge in [0, 0.05) is 18.2 Å². The van der Waals surface area contributed by atoms with Crippen LogP contribution in [0, 0.1) is 0 Å². The van der Waals surface area contributed by atoms with Crippen molar-refractivity contribution >= 4 is 11.9 Å². The van der Waals surface area contributed by atoms with Crippen LogP contribution in [0.5, 0.6) is 0 Å². The molecule has 5 nitrogen and oxygen atoms in total. The molecule has 1 unspecified atom stereocenters. The normalized spacial score (nSPS) is 19.2. The molecule has 2 rings (SSSR count). The van der Waals surface area contributed by atoms with E-state index < -0.39 is 5.91 Å². The van der Waals surface area contributed by atoms with E-state index in [0.29, 0.717) is 12.0 Å². The van der Waals surface area contributed by atoms with Crippen LogP contribution >= 0.6 is 0 Å². The second-order valence-corrected chi connectivity index (χ2v) is 5.46. The topological polar surface area (TPSA) is 72.6 Å². The standard InChI is InChI=1S/C16H22N2O3/c1-21-15(19)10-14-7-2-3-8-18(14)11-12-5-4-6-13(9-12)16(17)20/h4-6,9,14H,2-3,7-8,10-11H2,1H3,(H2,17,20). The maximum absolute atomic E-state index is 11.5. The predicted molar refractivity (Wildman–Crippen MR) is 79.6 cm³/mol. The third-order valence-electron chi connectivity index (χ3n) is 3.98. The Balaban J connectivity index is 2.06. The number of nitrogens with zero attached hydrogens (tertiary/aromatic N) is 1. The van der Waals surface area contributed by atoms with Crippen molar-refractivity contribution in [2.24, 2.45) is 5.73 Å². The monoisotopic (exact) mass is 290 g/mol. The van der Waals surface area contributed by atoms with Gasteiger partial charge in [-0.25, -0.2) is 0 Å². The van der Waals surface area contributed by atoms with Crippen molar-refractivity contribution < 1.29 is 14.3 Å². The highest BCUT2D eigenvalue weighted by molar-refractivity contribution is 5.92. The summed E-state index contributed by atoms with van der Waals surface area (Å²) >= 11 is 0. The highest BCUT2D eigenvalue weighted by Crippen LogP contribution is 2.22. The van der Waals surface area contributed by atoms with Gasteiger partial charge in [-0.15, -0.1) is 0 Å². The zero-order valence-corrected chi connectivity index (χ0v) is 12.4. The van der Waals surface area contributed by atoms with Gasteiger partial charge in [-0.1, -0.05) is 18.6 Å². The molecule has 1 aromatic rings. The number of rotatable bonds is 5. The number of piperidine rings is 1. The van der Waals surface area contributed by atoms with E-state index in [-0.39, 0.29) is 12.0 Å². The molecule has 0 aliphatic carbocycles. The Hall–Kier alpha value is -1.88. The Bertz CT molecular complexity index is 516. The van der Waals surface area contributed by atoms with E-state index in [1.54, 1.807) is 6.07 Å². The molecule has 1 saturated heterocycles. The molecule has 0 radical (unpaired) electrons. The molecule has 1 aromatic carbocycles. The van der Waals surface area contributed by atoms with Gasteiger partial charge in [-0.2, -0.15) is 0 Å². The molecule has 2 N–H and O–H groups in total. The lowest BCUT2D eigenvalue weighted by Gasteiger charge is -2.35.